The van der Waals surface area contributed by atoms with E-state index >= 15 is 0 Å². The van der Waals surface area contributed by atoms with Gasteiger partial charge in [-0.1, -0.05) is 49.4 Å². The summed E-state index contributed by atoms with van der Waals surface area (Å²) in [5, 5.41) is 0. The molecule has 0 amide bonds. The number of carbonyl (C=O) groups excluding carboxylic acids is 1. The van der Waals surface area contributed by atoms with Gasteiger partial charge in [-0.05, 0) is 68.0 Å². The Balaban J connectivity index is 1.48. The van der Waals surface area contributed by atoms with Gasteiger partial charge in [0, 0.05) is 49.0 Å². The zero-order valence-electron chi connectivity index (χ0n) is 23.5. The molecule has 2 fully saturated rings. The van der Waals surface area contributed by atoms with E-state index in [1.165, 1.54) is 5.69 Å². The Morgan fingerprint density at radius 1 is 0.769 bits per heavy atom. The fraction of sp³-hybridized carbons (Fsp3) is 0.424. The van der Waals surface area contributed by atoms with Gasteiger partial charge >= 0.3 is 0 Å². The number of hydrogen-bond acceptors (Lipinski definition) is 6. The normalized spacial score (nSPS) is 18.6. The molecule has 3 aromatic rings. The summed E-state index contributed by atoms with van der Waals surface area (Å²) >= 11 is 0. The molecular formula is C33H41N3O3. The van der Waals surface area contributed by atoms with Crippen molar-refractivity contribution in [1.29, 1.82) is 0 Å². The number of hydrogen-bond donors (Lipinski definition) is 0. The Morgan fingerprint density at radius 3 is 1.74 bits per heavy atom. The number of ether oxygens (including phenoxy) is 2. The third kappa shape index (κ3) is 5.88. The lowest BCUT2D eigenvalue weighted by molar-refractivity contribution is 0.0613. The Bertz CT molecular complexity index is 1200. The summed E-state index contributed by atoms with van der Waals surface area (Å²) in [6.07, 6.45) is 0.622. The lowest BCUT2D eigenvalue weighted by Crippen LogP contribution is -2.56. The summed E-state index contributed by atoms with van der Waals surface area (Å²) in [6, 6.07) is 27.4. The monoisotopic (exact) mass is 527 g/mol. The molecule has 3 aromatic carbocycles. The highest BCUT2D eigenvalue weighted by Crippen LogP contribution is 2.39. The van der Waals surface area contributed by atoms with E-state index in [-0.39, 0.29) is 11.7 Å². The molecule has 206 valence electrons. The molecule has 5 rings (SSSR count). The minimum Gasteiger partial charge on any atom is -0.378 e. The van der Waals surface area contributed by atoms with Crippen LogP contribution in [0.2, 0.25) is 0 Å². The molecule has 2 atom stereocenters. The summed E-state index contributed by atoms with van der Waals surface area (Å²) in [5.41, 5.74) is 4.64. The lowest BCUT2D eigenvalue weighted by Gasteiger charge is -2.44. The highest BCUT2D eigenvalue weighted by atomic mass is 16.5. The van der Waals surface area contributed by atoms with Crippen LogP contribution in [0, 0.1) is 0 Å². The molecule has 2 unspecified atom stereocenters. The van der Waals surface area contributed by atoms with E-state index < -0.39 is 5.54 Å². The van der Waals surface area contributed by atoms with Gasteiger partial charge in [0.25, 0.3) is 0 Å². The topological polar surface area (TPSA) is 45.3 Å². The van der Waals surface area contributed by atoms with Crippen LogP contribution in [0.3, 0.4) is 0 Å². The van der Waals surface area contributed by atoms with Gasteiger partial charge in [-0.2, -0.15) is 0 Å². The summed E-state index contributed by atoms with van der Waals surface area (Å²) in [7, 11) is 4.09. The van der Waals surface area contributed by atoms with E-state index in [2.05, 4.69) is 82.3 Å². The van der Waals surface area contributed by atoms with Crippen molar-refractivity contribution in [2.24, 2.45) is 0 Å². The number of morpholine rings is 2. The third-order valence-corrected chi connectivity index (χ3v) is 8.50. The Kier molecular flexibility index (Phi) is 8.66. The molecule has 0 aromatic heterocycles. The Hall–Kier alpha value is -3.19. The maximum Gasteiger partial charge on any atom is 0.184 e. The van der Waals surface area contributed by atoms with Crippen molar-refractivity contribution in [3.63, 3.8) is 0 Å². The van der Waals surface area contributed by atoms with Crippen molar-refractivity contribution in [2.75, 3.05) is 76.5 Å². The zero-order chi connectivity index (χ0) is 27.2. The maximum absolute atomic E-state index is 14.6. The summed E-state index contributed by atoms with van der Waals surface area (Å²) in [4.78, 5) is 21.5. The third-order valence-electron chi connectivity index (χ3n) is 8.50. The maximum atomic E-state index is 14.6. The summed E-state index contributed by atoms with van der Waals surface area (Å²) in [6.45, 7) is 8.77. The molecule has 0 saturated carbocycles. The molecule has 6 heteroatoms. The predicted octanol–water partition coefficient (Wildman–Crippen LogP) is 4.89. The lowest BCUT2D eigenvalue weighted by atomic mass is 9.71. The first-order valence-corrected chi connectivity index (χ1v) is 14.1. The molecule has 2 aliphatic heterocycles. The number of anilines is 2. The fourth-order valence-electron chi connectivity index (χ4n) is 6.05. The van der Waals surface area contributed by atoms with Crippen LogP contribution in [-0.2, 0) is 15.9 Å². The van der Waals surface area contributed by atoms with E-state index in [1.54, 1.807) is 0 Å². The predicted molar refractivity (Wildman–Crippen MR) is 158 cm³/mol. The highest BCUT2D eigenvalue weighted by molar-refractivity contribution is 6.04. The molecule has 2 heterocycles. The number of likely N-dealkylation sites (N-methyl/N-ethyl adjacent to an activating group) is 1. The van der Waals surface area contributed by atoms with Crippen LogP contribution in [0.15, 0.2) is 78.9 Å². The van der Waals surface area contributed by atoms with Crippen molar-refractivity contribution in [2.45, 2.75) is 24.8 Å². The average Bonchev–Trinajstić information content (AvgIpc) is 3.00. The second kappa shape index (κ2) is 12.3. The highest BCUT2D eigenvalue weighted by Gasteiger charge is 2.46. The van der Waals surface area contributed by atoms with Crippen LogP contribution in [0.5, 0.6) is 0 Å². The van der Waals surface area contributed by atoms with Gasteiger partial charge in [0.2, 0.25) is 0 Å². The van der Waals surface area contributed by atoms with Gasteiger partial charge in [-0.15, -0.1) is 0 Å². The van der Waals surface area contributed by atoms with Gasteiger partial charge in [-0.25, -0.2) is 0 Å². The molecular weight excluding hydrogens is 486 g/mol. The Morgan fingerprint density at radius 2 is 1.26 bits per heavy atom. The second-order valence-corrected chi connectivity index (χ2v) is 10.9. The average molecular weight is 528 g/mol. The quantitative estimate of drug-likeness (QED) is 0.369. The number of benzene rings is 3. The van der Waals surface area contributed by atoms with E-state index in [9.17, 15) is 4.79 Å². The molecule has 0 aliphatic carbocycles. The fourth-order valence-corrected chi connectivity index (χ4v) is 6.05. The standard InChI is InChI=1S/C33H41N3O3/c1-26(28-9-13-30(14-10-28)35-17-21-38-22-18-35)33(34(2)3,25-27-7-5-4-6-8-27)32(37)29-11-15-31(16-12-29)36-19-23-39-24-20-36/h4-16,26H,17-25H2,1-3H3. The Labute approximate surface area is 233 Å². The van der Waals surface area contributed by atoms with Crippen molar-refractivity contribution in [3.8, 4) is 0 Å². The molecule has 39 heavy (non-hydrogen) atoms. The first kappa shape index (κ1) is 27.4. The van der Waals surface area contributed by atoms with Crippen molar-refractivity contribution in [1.82, 2.24) is 4.90 Å². The molecule has 0 N–H and O–H groups in total. The molecule has 6 nitrogen and oxygen atoms in total. The first-order valence-electron chi connectivity index (χ1n) is 14.1. The van der Waals surface area contributed by atoms with E-state index in [4.69, 9.17) is 9.47 Å². The van der Waals surface area contributed by atoms with Crippen molar-refractivity contribution >= 4 is 17.2 Å². The van der Waals surface area contributed by atoms with Gasteiger partial charge < -0.3 is 19.3 Å². The molecule has 0 radical (unpaired) electrons. The first-order chi connectivity index (χ1) is 19.0. The van der Waals surface area contributed by atoms with Gasteiger partial charge in [0.05, 0.1) is 32.0 Å². The van der Waals surface area contributed by atoms with Crippen LogP contribution in [0.25, 0.3) is 0 Å². The largest absolute Gasteiger partial charge is 0.378 e. The van der Waals surface area contributed by atoms with Crippen LogP contribution >= 0.6 is 0 Å². The molecule has 0 spiro atoms. The van der Waals surface area contributed by atoms with E-state index in [1.807, 2.05) is 32.3 Å². The second-order valence-electron chi connectivity index (χ2n) is 10.9. The molecule has 0 bridgehead atoms. The SMILES string of the molecule is CC(c1ccc(N2CCOCC2)cc1)C(Cc1ccccc1)(C(=O)c1ccc(N2CCOCC2)cc1)N(C)C. The summed E-state index contributed by atoms with van der Waals surface area (Å²) in [5.74, 6) is 0.104. The van der Waals surface area contributed by atoms with Crippen LogP contribution in [0.4, 0.5) is 11.4 Å². The number of rotatable bonds is 9. The minimum atomic E-state index is -0.762. The van der Waals surface area contributed by atoms with E-state index in [0.717, 1.165) is 75.0 Å². The van der Waals surface area contributed by atoms with Crippen LogP contribution in [-0.4, -0.2) is 82.9 Å². The van der Waals surface area contributed by atoms with Crippen LogP contribution < -0.4 is 9.80 Å². The number of carbonyl (C=O) groups is 1. The zero-order valence-corrected chi connectivity index (χ0v) is 23.5. The van der Waals surface area contributed by atoms with Crippen molar-refractivity contribution in [3.05, 3.63) is 95.6 Å². The molecule has 2 aliphatic rings. The summed E-state index contributed by atoms with van der Waals surface area (Å²) < 4.78 is 11.0. The van der Waals surface area contributed by atoms with Gasteiger partial charge in [0.1, 0.15) is 0 Å². The van der Waals surface area contributed by atoms with Crippen molar-refractivity contribution < 1.29 is 14.3 Å². The smallest absolute Gasteiger partial charge is 0.184 e. The van der Waals surface area contributed by atoms with Gasteiger partial charge in [0.15, 0.2) is 5.78 Å². The number of ketones is 1. The van der Waals surface area contributed by atoms with Gasteiger partial charge in [-0.3, -0.25) is 9.69 Å². The molecule has 2 saturated heterocycles. The van der Waals surface area contributed by atoms with Crippen LogP contribution in [0.1, 0.15) is 34.3 Å². The minimum absolute atomic E-state index is 0.0436. The van der Waals surface area contributed by atoms with E-state index in [0.29, 0.717) is 6.42 Å². The number of nitrogens with zero attached hydrogens (tertiary/aromatic N) is 3. The number of Topliss-reactive ketones (excluding diaryl/α,β-unsaturated/α-hetero) is 1.